The van der Waals surface area contributed by atoms with E-state index in [1.54, 1.807) is 6.08 Å². The average molecular weight is 374 g/mol. The Morgan fingerprint density at radius 3 is 2.25 bits per heavy atom. The van der Waals surface area contributed by atoms with Gasteiger partial charge in [0.1, 0.15) is 0 Å². The van der Waals surface area contributed by atoms with Crippen molar-refractivity contribution in [3.05, 3.63) is 77.4 Å². The second kappa shape index (κ2) is 8.42. The first-order valence-corrected chi connectivity index (χ1v) is 10.1. The number of fused-ring (bicyclic) bond motifs is 1. The third kappa shape index (κ3) is 4.16. The van der Waals surface area contributed by atoms with Crippen LogP contribution in [0.2, 0.25) is 0 Å². The van der Waals surface area contributed by atoms with Crippen molar-refractivity contribution in [1.29, 1.82) is 0 Å². The monoisotopic (exact) mass is 374 g/mol. The molecular weight excluding hydrogens is 348 g/mol. The Bertz CT molecular complexity index is 867. The molecule has 0 atom stereocenters. The highest BCUT2D eigenvalue weighted by Crippen LogP contribution is 2.24. The fourth-order valence-electron chi connectivity index (χ4n) is 4.13. The van der Waals surface area contributed by atoms with E-state index in [2.05, 4.69) is 18.2 Å². The van der Waals surface area contributed by atoms with Gasteiger partial charge in [0.2, 0.25) is 11.8 Å². The van der Waals surface area contributed by atoms with Gasteiger partial charge in [-0.25, -0.2) is 0 Å². The summed E-state index contributed by atoms with van der Waals surface area (Å²) in [6.45, 7) is 2.82. The van der Waals surface area contributed by atoms with Crippen LogP contribution in [0.3, 0.4) is 0 Å². The molecule has 2 aliphatic heterocycles. The van der Waals surface area contributed by atoms with Gasteiger partial charge in [0.15, 0.2) is 0 Å². The molecule has 0 aliphatic carbocycles. The van der Waals surface area contributed by atoms with Gasteiger partial charge in [-0.15, -0.1) is 0 Å². The molecule has 0 unspecified atom stereocenters. The maximum atomic E-state index is 13.0. The number of piperidine rings is 1. The SMILES string of the molecule is O=C(C=Cc1ccccc1)N1CCC(C(=O)N2CCc3ccccc3C2)CC1. The van der Waals surface area contributed by atoms with Crippen LogP contribution in [-0.4, -0.2) is 41.2 Å². The van der Waals surface area contributed by atoms with E-state index in [1.807, 2.05) is 52.3 Å². The Hall–Kier alpha value is -2.88. The van der Waals surface area contributed by atoms with Crippen LogP contribution in [0.15, 0.2) is 60.7 Å². The first kappa shape index (κ1) is 18.5. The van der Waals surface area contributed by atoms with E-state index in [4.69, 9.17) is 0 Å². The van der Waals surface area contributed by atoms with Crippen LogP contribution in [0.5, 0.6) is 0 Å². The van der Waals surface area contributed by atoms with Crippen molar-refractivity contribution < 1.29 is 9.59 Å². The van der Waals surface area contributed by atoms with E-state index in [0.717, 1.165) is 31.4 Å². The fourth-order valence-corrected chi connectivity index (χ4v) is 4.13. The molecule has 28 heavy (non-hydrogen) atoms. The summed E-state index contributed by atoms with van der Waals surface area (Å²) in [4.78, 5) is 29.2. The number of amides is 2. The van der Waals surface area contributed by atoms with Crippen molar-refractivity contribution in [2.24, 2.45) is 5.92 Å². The molecule has 0 radical (unpaired) electrons. The number of rotatable bonds is 3. The highest BCUT2D eigenvalue weighted by atomic mass is 16.2. The van der Waals surface area contributed by atoms with Crippen molar-refractivity contribution in [2.45, 2.75) is 25.8 Å². The first-order chi connectivity index (χ1) is 13.7. The van der Waals surface area contributed by atoms with Crippen LogP contribution < -0.4 is 0 Å². The Balaban J connectivity index is 1.30. The number of nitrogens with zero attached hydrogens (tertiary/aromatic N) is 2. The molecule has 1 saturated heterocycles. The number of benzene rings is 2. The Labute approximate surface area is 166 Å². The zero-order chi connectivity index (χ0) is 19.3. The molecule has 2 aliphatic rings. The zero-order valence-electron chi connectivity index (χ0n) is 16.1. The zero-order valence-corrected chi connectivity index (χ0v) is 16.1. The van der Waals surface area contributed by atoms with Gasteiger partial charge in [-0.05, 0) is 42.0 Å². The van der Waals surface area contributed by atoms with Crippen molar-refractivity contribution in [2.75, 3.05) is 19.6 Å². The number of hydrogen-bond donors (Lipinski definition) is 0. The third-order valence-corrected chi connectivity index (χ3v) is 5.82. The molecule has 0 saturated carbocycles. The number of likely N-dealkylation sites (tertiary alicyclic amines) is 1. The lowest BCUT2D eigenvalue weighted by atomic mass is 9.93. The molecule has 144 valence electrons. The van der Waals surface area contributed by atoms with Gasteiger partial charge in [0.05, 0.1) is 0 Å². The summed E-state index contributed by atoms with van der Waals surface area (Å²) in [5.41, 5.74) is 3.64. The maximum absolute atomic E-state index is 13.0. The quantitative estimate of drug-likeness (QED) is 0.771. The van der Waals surface area contributed by atoms with Gasteiger partial charge in [-0.1, -0.05) is 54.6 Å². The Morgan fingerprint density at radius 2 is 1.50 bits per heavy atom. The minimum atomic E-state index is 0.0293. The summed E-state index contributed by atoms with van der Waals surface area (Å²) >= 11 is 0. The maximum Gasteiger partial charge on any atom is 0.246 e. The predicted molar refractivity (Wildman–Crippen MR) is 110 cm³/mol. The van der Waals surface area contributed by atoms with Crippen molar-refractivity contribution in [1.82, 2.24) is 9.80 Å². The second-order valence-corrected chi connectivity index (χ2v) is 7.62. The Kier molecular flexibility index (Phi) is 5.56. The summed E-state index contributed by atoms with van der Waals surface area (Å²) in [6, 6.07) is 18.2. The number of carbonyl (C=O) groups is 2. The summed E-state index contributed by atoms with van der Waals surface area (Å²) in [7, 11) is 0. The summed E-state index contributed by atoms with van der Waals surface area (Å²) in [6.07, 6.45) is 5.93. The standard InChI is InChI=1S/C24H26N2O2/c27-23(11-10-19-6-2-1-3-7-19)25-15-13-21(14-16-25)24(28)26-17-12-20-8-4-5-9-22(20)18-26/h1-11,21H,12-18H2. The summed E-state index contributed by atoms with van der Waals surface area (Å²) in [5.74, 6) is 0.315. The largest absolute Gasteiger partial charge is 0.339 e. The van der Waals surface area contributed by atoms with Crippen molar-refractivity contribution >= 4 is 17.9 Å². The minimum absolute atomic E-state index is 0.0293. The lowest BCUT2D eigenvalue weighted by molar-refractivity contribution is -0.140. The van der Waals surface area contributed by atoms with Crippen LogP contribution in [0.1, 0.15) is 29.5 Å². The van der Waals surface area contributed by atoms with Gasteiger partial charge in [0, 0.05) is 38.2 Å². The lowest BCUT2D eigenvalue weighted by Gasteiger charge is -2.35. The van der Waals surface area contributed by atoms with Gasteiger partial charge >= 0.3 is 0 Å². The van der Waals surface area contributed by atoms with Crippen LogP contribution in [0.25, 0.3) is 6.08 Å². The van der Waals surface area contributed by atoms with Crippen LogP contribution >= 0.6 is 0 Å². The topological polar surface area (TPSA) is 40.6 Å². The summed E-state index contributed by atoms with van der Waals surface area (Å²) < 4.78 is 0. The van der Waals surface area contributed by atoms with Crippen molar-refractivity contribution in [3.8, 4) is 0 Å². The first-order valence-electron chi connectivity index (χ1n) is 10.1. The molecule has 0 N–H and O–H groups in total. The number of carbonyl (C=O) groups excluding carboxylic acids is 2. The number of hydrogen-bond acceptors (Lipinski definition) is 2. The molecule has 0 aromatic heterocycles. The van der Waals surface area contributed by atoms with E-state index in [1.165, 1.54) is 11.1 Å². The highest BCUT2D eigenvalue weighted by molar-refractivity contribution is 5.92. The molecule has 2 aromatic rings. The summed E-state index contributed by atoms with van der Waals surface area (Å²) in [5, 5.41) is 0. The van der Waals surface area contributed by atoms with Gasteiger partial charge in [-0.2, -0.15) is 0 Å². The molecule has 4 nitrogen and oxygen atoms in total. The fraction of sp³-hybridized carbons (Fsp3) is 0.333. The van der Waals surface area contributed by atoms with Crippen LogP contribution in [0.4, 0.5) is 0 Å². The van der Waals surface area contributed by atoms with E-state index in [0.29, 0.717) is 19.6 Å². The minimum Gasteiger partial charge on any atom is -0.339 e. The Morgan fingerprint density at radius 1 is 0.821 bits per heavy atom. The highest BCUT2D eigenvalue weighted by Gasteiger charge is 2.31. The molecule has 2 aromatic carbocycles. The molecule has 2 heterocycles. The molecular formula is C24H26N2O2. The van der Waals surface area contributed by atoms with Gasteiger partial charge in [-0.3, -0.25) is 9.59 Å². The lowest BCUT2D eigenvalue weighted by Crippen LogP contribution is -2.45. The van der Waals surface area contributed by atoms with Crippen LogP contribution in [0, 0.1) is 5.92 Å². The van der Waals surface area contributed by atoms with E-state index in [9.17, 15) is 9.59 Å². The second-order valence-electron chi connectivity index (χ2n) is 7.62. The molecule has 1 fully saturated rings. The molecule has 0 bridgehead atoms. The van der Waals surface area contributed by atoms with E-state index >= 15 is 0 Å². The molecule has 4 heteroatoms. The molecule has 2 amide bonds. The molecule has 0 spiro atoms. The van der Waals surface area contributed by atoms with Crippen LogP contribution in [-0.2, 0) is 22.6 Å². The van der Waals surface area contributed by atoms with Gasteiger partial charge in [0.25, 0.3) is 0 Å². The predicted octanol–water partition coefficient (Wildman–Crippen LogP) is 3.52. The molecule has 4 rings (SSSR count). The smallest absolute Gasteiger partial charge is 0.246 e. The van der Waals surface area contributed by atoms with Crippen molar-refractivity contribution in [3.63, 3.8) is 0 Å². The third-order valence-electron chi connectivity index (χ3n) is 5.82. The van der Waals surface area contributed by atoms with Gasteiger partial charge < -0.3 is 9.80 Å². The van der Waals surface area contributed by atoms with E-state index in [-0.39, 0.29) is 17.7 Å². The average Bonchev–Trinajstić information content (AvgIpc) is 2.77. The van der Waals surface area contributed by atoms with E-state index < -0.39 is 0 Å². The normalized spacial score (nSPS) is 17.6.